The van der Waals surface area contributed by atoms with Gasteiger partial charge in [-0.1, -0.05) is 0 Å². The van der Waals surface area contributed by atoms with Crippen LogP contribution >= 0.6 is 0 Å². The van der Waals surface area contributed by atoms with Gasteiger partial charge in [-0.2, -0.15) is 0 Å². The quantitative estimate of drug-likeness (QED) is 0.339. The molecule has 122 valence electrons. The van der Waals surface area contributed by atoms with E-state index in [1.807, 2.05) is 0 Å². The Bertz CT molecular complexity index is 184. The third-order valence-corrected chi connectivity index (χ3v) is 11.2. The van der Waals surface area contributed by atoms with Crippen LogP contribution in [0.3, 0.4) is 0 Å². The SMILES string of the molecule is CCC[O][Sn]([CH2]CCCNCC)([O]CCC)[O]CCC. The monoisotopic (exact) mass is 397 g/mol. The van der Waals surface area contributed by atoms with Crippen LogP contribution in [0.1, 0.15) is 59.8 Å². The first kappa shape index (κ1) is 20.6. The summed E-state index contributed by atoms with van der Waals surface area (Å²) in [6.45, 7) is 13.0. The molecule has 0 aromatic heterocycles. The van der Waals surface area contributed by atoms with Gasteiger partial charge in [-0.05, 0) is 0 Å². The van der Waals surface area contributed by atoms with E-state index in [0.29, 0.717) is 0 Å². The molecular weight excluding hydrogens is 361 g/mol. The summed E-state index contributed by atoms with van der Waals surface area (Å²) in [5, 5.41) is 3.36. The molecule has 0 saturated heterocycles. The minimum absolute atomic E-state index is 0.775. The first-order valence-corrected chi connectivity index (χ1v) is 13.9. The molecule has 0 rings (SSSR count). The Balaban J connectivity index is 4.34. The molecule has 0 unspecified atom stereocenters. The van der Waals surface area contributed by atoms with E-state index in [2.05, 4.69) is 33.0 Å². The van der Waals surface area contributed by atoms with E-state index in [-0.39, 0.29) is 0 Å². The summed E-state index contributed by atoms with van der Waals surface area (Å²) in [5.41, 5.74) is 0. The molecule has 0 aliphatic carbocycles. The molecular formula is C15H35NO3Sn. The average Bonchev–Trinajstić information content (AvgIpc) is 2.48. The predicted octanol–water partition coefficient (Wildman–Crippen LogP) is 3.59. The normalized spacial score (nSPS) is 12.0. The number of hydrogen-bond acceptors (Lipinski definition) is 4. The van der Waals surface area contributed by atoms with Gasteiger partial charge in [0.05, 0.1) is 0 Å². The first-order valence-electron chi connectivity index (χ1n) is 8.37. The summed E-state index contributed by atoms with van der Waals surface area (Å²) in [6.07, 6.45) is 5.40. The molecule has 0 aromatic rings. The fraction of sp³-hybridized carbons (Fsp3) is 1.00. The average molecular weight is 396 g/mol. The Hall–Kier alpha value is 0.639. The van der Waals surface area contributed by atoms with Crippen molar-refractivity contribution in [3.05, 3.63) is 0 Å². The standard InChI is InChI=1S/C6H14N.3C3H7O.Sn/c1-3-5-6-7-4-2;3*1-2-3-4;/h7H,1,3-6H2,2H3;3*2-3H2,1H3;/q;3*-1;+3. The van der Waals surface area contributed by atoms with Crippen LogP contribution in [0.15, 0.2) is 0 Å². The van der Waals surface area contributed by atoms with Crippen molar-refractivity contribution in [2.24, 2.45) is 0 Å². The summed E-state index contributed by atoms with van der Waals surface area (Å²) in [7, 11) is 0. The summed E-state index contributed by atoms with van der Waals surface area (Å²) in [4.78, 5) is 0. The molecule has 4 nitrogen and oxygen atoms in total. The van der Waals surface area contributed by atoms with Crippen molar-refractivity contribution in [2.45, 2.75) is 64.2 Å². The van der Waals surface area contributed by atoms with Gasteiger partial charge in [0, 0.05) is 0 Å². The Kier molecular flexibility index (Phi) is 15.0. The van der Waals surface area contributed by atoms with Crippen LogP contribution in [0.25, 0.3) is 0 Å². The van der Waals surface area contributed by atoms with E-state index >= 15 is 0 Å². The van der Waals surface area contributed by atoms with E-state index in [4.69, 9.17) is 9.22 Å². The Morgan fingerprint density at radius 3 is 1.65 bits per heavy atom. The van der Waals surface area contributed by atoms with Crippen molar-refractivity contribution in [1.29, 1.82) is 0 Å². The van der Waals surface area contributed by atoms with Crippen molar-refractivity contribution in [3.63, 3.8) is 0 Å². The summed E-state index contributed by atoms with van der Waals surface area (Å²) in [6, 6.07) is 0. The molecule has 5 heteroatoms. The Labute approximate surface area is 131 Å². The van der Waals surface area contributed by atoms with Gasteiger partial charge in [0.25, 0.3) is 0 Å². The molecule has 0 spiro atoms. The Morgan fingerprint density at radius 1 is 0.750 bits per heavy atom. The van der Waals surface area contributed by atoms with E-state index in [1.54, 1.807) is 0 Å². The molecule has 0 amide bonds. The van der Waals surface area contributed by atoms with E-state index in [9.17, 15) is 0 Å². The molecule has 1 N–H and O–H groups in total. The van der Waals surface area contributed by atoms with Gasteiger partial charge in [0.15, 0.2) is 0 Å². The first-order chi connectivity index (χ1) is 9.74. The topological polar surface area (TPSA) is 39.7 Å². The predicted molar refractivity (Wildman–Crippen MR) is 87.1 cm³/mol. The van der Waals surface area contributed by atoms with Crippen molar-refractivity contribution in [3.8, 4) is 0 Å². The van der Waals surface area contributed by atoms with E-state index in [0.717, 1.165) is 63.0 Å². The van der Waals surface area contributed by atoms with Gasteiger partial charge in [-0.25, -0.2) is 0 Å². The fourth-order valence-corrected chi connectivity index (χ4v) is 10.2. The maximum atomic E-state index is 6.13. The number of unbranched alkanes of at least 4 members (excludes halogenated alkanes) is 1. The fourth-order valence-electron chi connectivity index (χ4n) is 1.88. The second-order valence-electron chi connectivity index (χ2n) is 5.04. The van der Waals surface area contributed by atoms with Gasteiger partial charge in [-0.15, -0.1) is 0 Å². The molecule has 0 atom stereocenters. The molecule has 0 fully saturated rings. The third kappa shape index (κ3) is 10.4. The maximum absolute atomic E-state index is 6.13. The zero-order valence-electron chi connectivity index (χ0n) is 14.0. The molecule has 0 aromatic carbocycles. The number of nitrogens with one attached hydrogen (secondary N) is 1. The molecule has 0 aliphatic heterocycles. The molecule has 0 radical (unpaired) electrons. The van der Waals surface area contributed by atoms with Crippen molar-refractivity contribution >= 4 is 19.6 Å². The Morgan fingerprint density at radius 2 is 1.25 bits per heavy atom. The van der Waals surface area contributed by atoms with Crippen molar-refractivity contribution in [1.82, 2.24) is 5.32 Å². The summed E-state index contributed by atoms with van der Waals surface area (Å²) < 4.78 is 19.4. The van der Waals surface area contributed by atoms with Crippen molar-refractivity contribution in [2.75, 3.05) is 32.9 Å². The summed E-state index contributed by atoms with van der Waals surface area (Å²) in [5.74, 6) is 0. The minimum atomic E-state index is -3.28. The second-order valence-corrected chi connectivity index (χ2v) is 12.8. The molecule has 0 aliphatic rings. The van der Waals surface area contributed by atoms with Crippen LogP contribution in [-0.4, -0.2) is 52.5 Å². The van der Waals surface area contributed by atoms with Gasteiger partial charge in [0.1, 0.15) is 0 Å². The van der Waals surface area contributed by atoms with Crippen molar-refractivity contribution < 1.29 is 9.22 Å². The van der Waals surface area contributed by atoms with Crippen LogP contribution in [0, 0.1) is 0 Å². The van der Waals surface area contributed by atoms with Gasteiger partial charge in [-0.3, -0.25) is 0 Å². The molecule has 20 heavy (non-hydrogen) atoms. The zero-order chi connectivity index (χ0) is 15.1. The molecule has 0 heterocycles. The van der Waals surface area contributed by atoms with Crippen LogP contribution in [0.2, 0.25) is 4.44 Å². The van der Waals surface area contributed by atoms with Crippen LogP contribution in [0.4, 0.5) is 0 Å². The molecule has 0 bridgehead atoms. The van der Waals surface area contributed by atoms with E-state index in [1.165, 1.54) is 6.42 Å². The zero-order valence-corrected chi connectivity index (χ0v) is 16.9. The number of rotatable bonds is 15. The summed E-state index contributed by atoms with van der Waals surface area (Å²) >= 11 is -3.28. The second kappa shape index (κ2) is 14.6. The third-order valence-electron chi connectivity index (χ3n) is 2.91. The van der Waals surface area contributed by atoms with Gasteiger partial charge >= 0.3 is 131 Å². The molecule has 0 saturated carbocycles. The van der Waals surface area contributed by atoms with Crippen LogP contribution in [-0.2, 0) is 9.22 Å². The van der Waals surface area contributed by atoms with Gasteiger partial charge < -0.3 is 0 Å². The number of hydrogen-bond donors (Lipinski definition) is 1. The van der Waals surface area contributed by atoms with Crippen LogP contribution in [0.5, 0.6) is 0 Å². The van der Waals surface area contributed by atoms with Crippen LogP contribution < -0.4 is 5.32 Å². The van der Waals surface area contributed by atoms with Gasteiger partial charge in [0.2, 0.25) is 0 Å². The van der Waals surface area contributed by atoms with E-state index < -0.39 is 19.6 Å².